The molecule has 4 rings (SSSR count). The summed E-state index contributed by atoms with van der Waals surface area (Å²) >= 11 is 5.85. The number of benzene rings is 1. The molecule has 1 saturated heterocycles. The molecule has 8 nitrogen and oxygen atoms in total. The predicted octanol–water partition coefficient (Wildman–Crippen LogP) is 4.28. The van der Waals surface area contributed by atoms with Crippen LogP contribution in [0.3, 0.4) is 0 Å². The molecule has 12 heteroatoms. The number of oxime groups is 1. The summed E-state index contributed by atoms with van der Waals surface area (Å²) in [6, 6.07) is 8.40. The van der Waals surface area contributed by atoms with Crippen molar-refractivity contribution in [2.24, 2.45) is 5.16 Å². The van der Waals surface area contributed by atoms with E-state index in [2.05, 4.69) is 10.1 Å². The molecule has 1 aromatic carbocycles. The predicted molar refractivity (Wildman–Crippen MR) is 130 cm³/mol. The molecule has 0 spiro atoms. The highest BCUT2D eigenvalue weighted by atomic mass is 35.5. The van der Waals surface area contributed by atoms with Crippen LogP contribution in [0.1, 0.15) is 37.3 Å². The molecule has 1 fully saturated rings. The Balaban J connectivity index is 1.28. The molecule has 0 N–H and O–H groups in total. The van der Waals surface area contributed by atoms with Gasteiger partial charge < -0.3 is 9.57 Å². The zero-order chi connectivity index (χ0) is 25.1. The number of pyridine rings is 1. The molecular weight excluding hydrogens is 502 g/mol. The van der Waals surface area contributed by atoms with Crippen molar-refractivity contribution in [3.05, 3.63) is 52.8 Å². The van der Waals surface area contributed by atoms with E-state index in [1.165, 1.54) is 18.3 Å². The maximum atomic E-state index is 14.5. The highest BCUT2D eigenvalue weighted by molar-refractivity contribution is 7.90. The SMILES string of the molecule is CCO/N=C1\CCc2cc(OCCC(F)(F)CCN3CCN(c4ccnc(Cl)c4)S3(=O)=O)ccc21. The van der Waals surface area contributed by atoms with Crippen LogP contribution in [0.15, 0.2) is 41.7 Å². The van der Waals surface area contributed by atoms with Crippen LogP contribution >= 0.6 is 11.6 Å². The van der Waals surface area contributed by atoms with Gasteiger partial charge >= 0.3 is 10.2 Å². The highest BCUT2D eigenvalue weighted by Crippen LogP contribution is 2.31. The van der Waals surface area contributed by atoms with Crippen molar-refractivity contribution in [1.82, 2.24) is 9.29 Å². The average Bonchev–Trinajstić information content (AvgIpc) is 3.35. The van der Waals surface area contributed by atoms with Crippen molar-refractivity contribution in [2.75, 3.05) is 37.2 Å². The van der Waals surface area contributed by atoms with Crippen molar-refractivity contribution < 1.29 is 26.8 Å². The van der Waals surface area contributed by atoms with Crippen molar-refractivity contribution in [3.63, 3.8) is 0 Å². The Hall–Kier alpha value is -2.50. The molecule has 1 aliphatic heterocycles. The van der Waals surface area contributed by atoms with Gasteiger partial charge in [-0.2, -0.15) is 12.7 Å². The molecule has 0 atom stereocenters. The van der Waals surface area contributed by atoms with Gasteiger partial charge in [-0.15, -0.1) is 0 Å². The van der Waals surface area contributed by atoms with E-state index in [9.17, 15) is 17.2 Å². The van der Waals surface area contributed by atoms with Crippen LogP contribution in [0.25, 0.3) is 0 Å². The van der Waals surface area contributed by atoms with Gasteiger partial charge in [0, 0.05) is 44.2 Å². The number of rotatable bonds is 10. The van der Waals surface area contributed by atoms with Gasteiger partial charge in [-0.3, -0.25) is 4.31 Å². The lowest BCUT2D eigenvalue weighted by atomic mass is 10.1. The second kappa shape index (κ2) is 10.6. The quantitative estimate of drug-likeness (QED) is 0.339. The minimum atomic E-state index is -3.90. The number of aromatic nitrogens is 1. The third-order valence-corrected chi connectivity index (χ3v) is 8.12. The van der Waals surface area contributed by atoms with Crippen molar-refractivity contribution in [2.45, 2.75) is 38.5 Å². The van der Waals surface area contributed by atoms with E-state index in [4.69, 9.17) is 21.2 Å². The van der Waals surface area contributed by atoms with Crippen molar-refractivity contribution >= 4 is 33.2 Å². The van der Waals surface area contributed by atoms with Gasteiger partial charge in [0.05, 0.1) is 18.0 Å². The Morgan fingerprint density at radius 3 is 2.77 bits per heavy atom. The van der Waals surface area contributed by atoms with Crippen LogP contribution in [0.4, 0.5) is 14.5 Å². The fraction of sp³-hybridized carbons (Fsp3) is 0.478. The molecular formula is C23H27ClF2N4O4S. The van der Waals surface area contributed by atoms with Crippen LogP contribution in [-0.4, -0.2) is 62.2 Å². The van der Waals surface area contributed by atoms with E-state index in [1.807, 2.05) is 19.1 Å². The van der Waals surface area contributed by atoms with Gasteiger partial charge in [-0.1, -0.05) is 16.8 Å². The van der Waals surface area contributed by atoms with Crippen LogP contribution in [0, 0.1) is 0 Å². The summed E-state index contributed by atoms with van der Waals surface area (Å²) in [4.78, 5) is 8.97. The summed E-state index contributed by atoms with van der Waals surface area (Å²) in [5.74, 6) is -2.55. The summed E-state index contributed by atoms with van der Waals surface area (Å²) in [5.41, 5.74) is 3.28. The minimum absolute atomic E-state index is 0.124. The molecule has 0 saturated carbocycles. The van der Waals surface area contributed by atoms with Gasteiger partial charge in [-0.25, -0.2) is 13.8 Å². The Labute approximate surface area is 208 Å². The van der Waals surface area contributed by atoms with Gasteiger partial charge in [0.25, 0.3) is 5.92 Å². The molecule has 35 heavy (non-hydrogen) atoms. The fourth-order valence-electron chi connectivity index (χ4n) is 4.11. The number of fused-ring (bicyclic) bond motifs is 1. The zero-order valence-corrected chi connectivity index (χ0v) is 20.9. The first-order valence-corrected chi connectivity index (χ1v) is 13.2. The molecule has 2 aliphatic rings. The lowest BCUT2D eigenvalue weighted by Crippen LogP contribution is -2.36. The normalized spacial score (nSPS) is 18.7. The second-order valence-corrected chi connectivity index (χ2v) is 10.5. The number of ether oxygens (including phenoxy) is 1. The second-order valence-electron chi connectivity index (χ2n) is 8.29. The molecule has 2 aromatic rings. The third-order valence-electron chi connectivity index (χ3n) is 5.94. The van der Waals surface area contributed by atoms with Crippen LogP contribution < -0.4 is 9.04 Å². The largest absolute Gasteiger partial charge is 0.493 e. The van der Waals surface area contributed by atoms with E-state index in [1.54, 1.807) is 6.07 Å². The topological polar surface area (TPSA) is 84.3 Å². The third kappa shape index (κ3) is 6.02. The lowest BCUT2D eigenvalue weighted by Gasteiger charge is -2.22. The number of halogens is 3. The molecule has 1 aromatic heterocycles. The Morgan fingerprint density at radius 2 is 2.00 bits per heavy atom. The van der Waals surface area contributed by atoms with E-state index in [0.717, 1.165) is 38.3 Å². The summed E-state index contributed by atoms with van der Waals surface area (Å²) in [6.07, 6.45) is 1.85. The maximum absolute atomic E-state index is 14.5. The number of hydrogen-bond donors (Lipinski definition) is 0. The number of alkyl halides is 2. The van der Waals surface area contributed by atoms with Gasteiger partial charge in [-0.05, 0) is 55.7 Å². The van der Waals surface area contributed by atoms with Crippen molar-refractivity contribution in [1.29, 1.82) is 0 Å². The monoisotopic (exact) mass is 528 g/mol. The number of hydrogen-bond acceptors (Lipinski definition) is 6. The maximum Gasteiger partial charge on any atom is 0.304 e. The number of aryl methyl sites for hydroxylation is 1. The molecule has 0 unspecified atom stereocenters. The highest BCUT2D eigenvalue weighted by Gasteiger charge is 2.39. The van der Waals surface area contributed by atoms with E-state index in [-0.39, 0.29) is 31.4 Å². The van der Waals surface area contributed by atoms with Crippen molar-refractivity contribution in [3.8, 4) is 5.75 Å². The minimum Gasteiger partial charge on any atom is -0.493 e. The van der Waals surface area contributed by atoms with E-state index in [0.29, 0.717) is 18.0 Å². The molecule has 0 amide bonds. The summed E-state index contributed by atoms with van der Waals surface area (Å²) < 4.78 is 62.4. The number of nitrogens with zero attached hydrogens (tertiary/aromatic N) is 4. The summed E-state index contributed by atoms with van der Waals surface area (Å²) in [5, 5.41) is 4.27. The average molecular weight is 529 g/mol. The first-order chi connectivity index (χ1) is 16.7. The van der Waals surface area contributed by atoms with Gasteiger partial charge in [0.15, 0.2) is 0 Å². The standard InChI is InChI=1S/C23H27ClF2N4O4S/c1-2-34-28-21-6-3-17-15-19(4-5-20(17)21)33-14-9-23(25,26)8-11-29-12-13-30(35(29,31)32)18-7-10-27-22(24)16-18/h4-5,7,10,15-16H,2-3,6,8-9,11-14H2,1H3/b28-21+. The lowest BCUT2D eigenvalue weighted by molar-refractivity contribution is -0.0289. The first kappa shape index (κ1) is 25.6. The Kier molecular flexibility index (Phi) is 7.77. The Morgan fingerprint density at radius 1 is 1.17 bits per heavy atom. The van der Waals surface area contributed by atoms with Gasteiger partial charge in [0.2, 0.25) is 0 Å². The summed E-state index contributed by atoms with van der Waals surface area (Å²) in [7, 11) is -3.90. The van der Waals surface area contributed by atoms with Crippen LogP contribution in [-0.2, 0) is 21.5 Å². The van der Waals surface area contributed by atoms with Crippen LogP contribution in [0.5, 0.6) is 5.75 Å². The fourth-order valence-corrected chi connectivity index (χ4v) is 5.89. The van der Waals surface area contributed by atoms with E-state index < -0.39 is 29.0 Å². The zero-order valence-electron chi connectivity index (χ0n) is 19.3. The molecule has 1 aliphatic carbocycles. The first-order valence-electron chi connectivity index (χ1n) is 11.4. The molecule has 0 bridgehead atoms. The number of anilines is 1. The van der Waals surface area contributed by atoms with Gasteiger partial charge in [0.1, 0.15) is 17.5 Å². The summed E-state index contributed by atoms with van der Waals surface area (Å²) in [6.45, 7) is 2.18. The Bertz CT molecular complexity index is 1200. The smallest absolute Gasteiger partial charge is 0.304 e. The molecule has 190 valence electrons. The molecule has 0 radical (unpaired) electrons. The van der Waals surface area contributed by atoms with E-state index >= 15 is 0 Å². The van der Waals surface area contributed by atoms with Crippen LogP contribution in [0.2, 0.25) is 5.15 Å². The molecule has 2 heterocycles.